The first kappa shape index (κ1) is 11.3. The molecule has 3 rings (SSSR count). The normalized spacial score (nSPS) is 14.5. The van der Waals surface area contributed by atoms with Crippen LogP contribution in [0.25, 0.3) is 10.4 Å². The zero-order valence-electron chi connectivity index (χ0n) is 8.84. The van der Waals surface area contributed by atoms with Gasteiger partial charge in [0.2, 0.25) is 0 Å². The van der Waals surface area contributed by atoms with E-state index >= 15 is 0 Å². The van der Waals surface area contributed by atoms with Crippen molar-refractivity contribution in [3.63, 3.8) is 0 Å². The third kappa shape index (κ3) is 2.27. The third-order valence-corrected chi connectivity index (χ3v) is 4.52. The van der Waals surface area contributed by atoms with E-state index < -0.39 is 0 Å². The van der Waals surface area contributed by atoms with Gasteiger partial charge in [0.25, 0.3) is 0 Å². The summed E-state index contributed by atoms with van der Waals surface area (Å²) in [4.78, 5) is 7.96. The van der Waals surface area contributed by atoms with Crippen molar-refractivity contribution in [3.8, 4) is 10.4 Å². The highest BCUT2D eigenvalue weighted by atomic mass is 79.9. The molecule has 2 aromatic rings. The van der Waals surface area contributed by atoms with Crippen LogP contribution in [0.3, 0.4) is 0 Å². The number of nitrogens with zero attached hydrogens (tertiary/aromatic N) is 2. The van der Waals surface area contributed by atoms with Crippen LogP contribution in [0.15, 0.2) is 45.9 Å². The fourth-order valence-electron chi connectivity index (χ4n) is 1.69. The lowest BCUT2D eigenvalue weighted by atomic mass is 10.2. The van der Waals surface area contributed by atoms with Crippen LogP contribution in [0, 0.1) is 0 Å². The summed E-state index contributed by atoms with van der Waals surface area (Å²) >= 11 is 7.01. The smallest absolute Gasteiger partial charge is 0.142 e. The molecule has 1 aliphatic rings. The third-order valence-electron chi connectivity index (χ3n) is 2.44. The molecule has 2 nitrogen and oxygen atoms in total. The maximum atomic E-state index is 4.54. The van der Waals surface area contributed by atoms with Crippen molar-refractivity contribution in [2.75, 3.05) is 10.8 Å². The SMILES string of the molecule is Brc1cnc(N2C=CSC2)c(-c2cccs2)c1. The summed E-state index contributed by atoms with van der Waals surface area (Å²) in [5, 5.41) is 4.19. The van der Waals surface area contributed by atoms with E-state index in [1.54, 1.807) is 23.1 Å². The number of thioether (sulfide) groups is 1. The number of hydrogen-bond donors (Lipinski definition) is 0. The zero-order chi connectivity index (χ0) is 11.7. The maximum absolute atomic E-state index is 4.54. The number of rotatable bonds is 2. The van der Waals surface area contributed by atoms with E-state index in [1.807, 2.05) is 6.20 Å². The average Bonchev–Trinajstić information content (AvgIpc) is 3.02. The fraction of sp³-hybridized carbons (Fsp3) is 0.0833. The molecule has 5 heteroatoms. The van der Waals surface area contributed by atoms with Gasteiger partial charge in [0.1, 0.15) is 5.82 Å². The Morgan fingerprint density at radius 1 is 1.41 bits per heavy atom. The molecule has 1 aliphatic heterocycles. The minimum atomic E-state index is 0.938. The first-order valence-electron chi connectivity index (χ1n) is 5.09. The number of hydrogen-bond acceptors (Lipinski definition) is 4. The molecule has 0 saturated carbocycles. The molecule has 2 aromatic heterocycles. The van der Waals surface area contributed by atoms with Crippen molar-refractivity contribution >= 4 is 44.8 Å². The second kappa shape index (κ2) is 4.84. The summed E-state index contributed by atoms with van der Waals surface area (Å²) in [5.74, 6) is 1.96. The predicted octanol–water partition coefficient (Wildman–Crippen LogP) is 4.55. The van der Waals surface area contributed by atoms with Crippen molar-refractivity contribution in [3.05, 3.63) is 45.9 Å². The van der Waals surface area contributed by atoms with Gasteiger partial charge >= 0.3 is 0 Å². The first-order valence-corrected chi connectivity index (χ1v) is 7.81. The molecule has 86 valence electrons. The molecule has 0 N–H and O–H groups in total. The highest BCUT2D eigenvalue weighted by molar-refractivity contribution is 9.10. The lowest BCUT2D eigenvalue weighted by Gasteiger charge is -2.17. The van der Waals surface area contributed by atoms with Crippen molar-refractivity contribution in [2.45, 2.75) is 0 Å². The van der Waals surface area contributed by atoms with Gasteiger partial charge < -0.3 is 4.90 Å². The predicted molar refractivity (Wildman–Crippen MR) is 79.3 cm³/mol. The summed E-state index contributed by atoms with van der Waals surface area (Å²) in [5.41, 5.74) is 1.18. The Bertz CT molecular complexity index is 552. The highest BCUT2D eigenvalue weighted by Gasteiger charge is 2.15. The number of halogens is 1. The molecule has 0 unspecified atom stereocenters. The van der Waals surface area contributed by atoms with Crippen LogP contribution in [0.1, 0.15) is 0 Å². The second-order valence-corrected chi connectivity index (χ2v) is 6.28. The van der Waals surface area contributed by atoms with Crippen LogP contribution >= 0.6 is 39.0 Å². The molecule has 0 aliphatic carbocycles. The van der Waals surface area contributed by atoms with Gasteiger partial charge in [0.15, 0.2) is 0 Å². The number of pyridine rings is 1. The largest absolute Gasteiger partial charge is 0.322 e. The summed E-state index contributed by atoms with van der Waals surface area (Å²) < 4.78 is 1.01. The van der Waals surface area contributed by atoms with Gasteiger partial charge in [-0.3, -0.25) is 0 Å². The minimum absolute atomic E-state index is 0.938. The highest BCUT2D eigenvalue weighted by Crippen LogP contribution is 2.36. The van der Waals surface area contributed by atoms with Crippen LogP contribution in [-0.4, -0.2) is 10.9 Å². The van der Waals surface area contributed by atoms with E-state index in [4.69, 9.17) is 0 Å². The molecule has 0 saturated heterocycles. The average molecular weight is 325 g/mol. The molecule has 0 fully saturated rings. The molecule has 0 amide bonds. The molecule has 0 atom stereocenters. The molecule has 17 heavy (non-hydrogen) atoms. The van der Waals surface area contributed by atoms with Gasteiger partial charge in [-0.1, -0.05) is 6.07 Å². The van der Waals surface area contributed by atoms with E-state index in [-0.39, 0.29) is 0 Å². The van der Waals surface area contributed by atoms with Gasteiger partial charge in [-0.2, -0.15) is 0 Å². The Balaban J connectivity index is 2.11. The summed E-state index contributed by atoms with van der Waals surface area (Å²) in [6.07, 6.45) is 3.93. The van der Waals surface area contributed by atoms with Gasteiger partial charge in [0, 0.05) is 27.3 Å². The van der Waals surface area contributed by atoms with Crippen molar-refractivity contribution in [2.24, 2.45) is 0 Å². The van der Waals surface area contributed by atoms with Crippen LogP contribution in [0.4, 0.5) is 5.82 Å². The molecular weight excluding hydrogens is 316 g/mol. The topological polar surface area (TPSA) is 16.1 Å². The summed E-state index contributed by atoms with van der Waals surface area (Å²) in [6, 6.07) is 6.33. The Morgan fingerprint density at radius 3 is 3.06 bits per heavy atom. The quantitative estimate of drug-likeness (QED) is 0.805. The van der Waals surface area contributed by atoms with Gasteiger partial charge in [-0.15, -0.1) is 23.1 Å². The molecule has 0 aromatic carbocycles. The van der Waals surface area contributed by atoms with Crippen LogP contribution in [-0.2, 0) is 0 Å². The Kier molecular flexibility index (Phi) is 3.22. The lowest BCUT2D eigenvalue weighted by Crippen LogP contribution is -2.13. The number of anilines is 1. The van der Waals surface area contributed by atoms with Crippen molar-refractivity contribution in [1.29, 1.82) is 0 Å². The minimum Gasteiger partial charge on any atom is -0.322 e. The van der Waals surface area contributed by atoms with Crippen molar-refractivity contribution < 1.29 is 0 Å². The standard InChI is InChI=1S/C12H9BrN2S2/c13-9-6-10(11-2-1-4-17-11)12(14-7-9)15-3-5-16-8-15/h1-7H,8H2. The zero-order valence-corrected chi connectivity index (χ0v) is 12.1. The van der Waals surface area contributed by atoms with E-state index in [0.29, 0.717) is 0 Å². The lowest BCUT2D eigenvalue weighted by molar-refractivity contribution is 1.11. The van der Waals surface area contributed by atoms with Crippen molar-refractivity contribution in [1.82, 2.24) is 4.98 Å². The van der Waals surface area contributed by atoms with E-state index in [0.717, 1.165) is 16.2 Å². The van der Waals surface area contributed by atoms with E-state index in [9.17, 15) is 0 Å². The molecule has 0 bridgehead atoms. The number of thiophene rings is 1. The first-order chi connectivity index (χ1) is 8.34. The number of aromatic nitrogens is 1. The summed E-state index contributed by atoms with van der Waals surface area (Å²) in [6.45, 7) is 0. The fourth-order valence-corrected chi connectivity index (χ4v) is 3.45. The molecule has 0 radical (unpaired) electrons. The molecule has 3 heterocycles. The maximum Gasteiger partial charge on any atom is 0.142 e. The Labute approximate surface area is 116 Å². The van der Waals surface area contributed by atoms with Gasteiger partial charge in [-0.25, -0.2) is 4.98 Å². The van der Waals surface area contributed by atoms with Gasteiger partial charge in [0.05, 0.1) is 5.88 Å². The van der Waals surface area contributed by atoms with Crippen LogP contribution in [0.2, 0.25) is 0 Å². The monoisotopic (exact) mass is 324 g/mol. The molecule has 0 spiro atoms. The van der Waals surface area contributed by atoms with Gasteiger partial charge in [-0.05, 0) is 38.9 Å². The molecular formula is C12H9BrN2S2. The van der Waals surface area contributed by atoms with Crippen LogP contribution < -0.4 is 4.90 Å². The second-order valence-electron chi connectivity index (χ2n) is 3.55. The van der Waals surface area contributed by atoms with Crippen LogP contribution in [0.5, 0.6) is 0 Å². The van der Waals surface area contributed by atoms with E-state index in [1.165, 1.54) is 10.4 Å². The Hall–Kier alpha value is -0.780. The van der Waals surface area contributed by atoms with E-state index in [2.05, 4.69) is 61.0 Å². The summed E-state index contributed by atoms with van der Waals surface area (Å²) in [7, 11) is 0. The Morgan fingerprint density at radius 2 is 2.35 bits per heavy atom.